The van der Waals surface area contributed by atoms with Gasteiger partial charge in [0.05, 0.1) is 11.9 Å². The normalized spacial score (nSPS) is 15.0. The molecule has 0 unspecified atom stereocenters. The molecule has 1 aliphatic heterocycles. The Bertz CT molecular complexity index is 1220. The van der Waals surface area contributed by atoms with Crippen molar-refractivity contribution in [1.29, 1.82) is 0 Å². The quantitative estimate of drug-likeness (QED) is 0.526. The molecule has 1 saturated heterocycles. The molecule has 1 aromatic carbocycles. The molecule has 0 N–H and O–H groups in total. The molecule has 0 radical (unpaired) electrons. The van der Waals surface area contributed by atoms with E-state index in [1.54, 1.807) is 23.3 Å². The monoisotopic (exact) mass is 401 g/mol. The number of hydrogen-bond donors (Lipinski definition) is 0. The van der Waals surface area contributed by atoms with Gasteiger partial charge in [-0.1, -0.05) is 24.3 Å². The van der Waals surface area contributed by atoms with Crippen LogP contribution in [0.3, 0.4) is 0 Å². The third-order valence-electron chi connectivity index (χ3n) is 5.86. The fourth-order valence-corrected chi connectivity index (χ4v) is 4.09. The minimum Gasteiger partial charge on any atom is -0.381 e. The third kappa shape index (κ3) is 3.41. The maximum absolute atomic E-state index is 12.9. The Morgan fingerprint density at radius 2 is 1.90 bits per heavy atom. The Balaban J connectivity index is 1.48. The zero-order chi connectivity index (χ0) is 20.5. The van der Waals surface area contributed by atoms with Gasteiger partial charge in [-0.15, -0.1) is 0 Å². The van der Waals surface area contributed by atoms with Crippen molar-refractivity contribution >= 4 is 5.52 Å². The van der Waals surface area contributed by atoms with Crippen LogP contribution >= 0.6 is 0 Å². The summed E-state index contributed by atoms with van der Waals surface area (Å²) >= 11 is 0. The van der Waals surface area contributed by atoms with Gasteiger partial charge in [-0.25, -0.2) is 15.0 Å². The summed E-state index contributed by atoms with van der Waals surface area (Å²) in [4.78, 5) is 25.8. The summed E-state index contributed by atoms with van der Waals surface area (Å²) in [5.41, 5.74) is 4.63. The van der Waals surface area contributed by atoms with E-state index in [2.05, 4.69) is 45.4 Å². The number of ether oxygens (including phenoxy) is 1. The minimum absolute atomic E-state index is 0.0177. The maximum atomic E-state index is 12.9. The maximum Gasteiger partial charge on any atom is 0.276 e. The molecule has 7 heteroatoms. The fourth-order valence-electron chi connectivity index (χ4n) is 4.09. The summed E-state index contributed by atoms with van der Waals surface area (Å²) < 4.78 is 9.20. The molecular weight excluding hydrogens is 378 g/mol. The van der Waals surface area contributed by atoms with Gasteiger partial charge in [0, 0.05) is 56.3 Å². The summed E-state index contributed by atoms with van der Waals surface area (Å²) in [6, 6.07) is 10.2. The molecular formula is C23H23N5O2. The first-order chi connectivity index (χ1) is 14.7. The molecule has 0 saturated carbocycles. The van der Waals surface area contributed by atoms with Crippen LogP contribution in [0.25, 0.3) is 16.8 Å². The first-order valence-corrected chi connectivity index (χ1v) is 10.2. The highest BCUT2D eigenvalue weighted by molar-refractivity contribution is 5.58. The second kappa shape index (κ2) is 7.84. The number of benzene rings is 1. The van der Waals surface area contributed by atoms with Crippen molar-refractivity contribution in [2.24, 2.45) is 7.05 Å². The minimum atomic E-state index is -0.0177. The number of nitrogens with zero attached hydrogens (tertiary/aromatic N) is 5. The Kier molecular flexibility index (Phi) is 4.88. The van der Waals surface area contributed by atoms with Crippen molar-refractivity contribution in [3.63, 3.8) is 0 Å². The molecule has 0 aliphatic carbocycles. The molecule has 3 aromatic heterocycles. The van der Waals surface area contributed by atoms with Gasteiger partial charge in [-0.05, 0) is 24.5 Å². The average molecular weight is 401 g/mol. The smallest absolute Gasteiger partial charge is 0.276 e. The Morgan fingerprint density at radius 1 is 1.10 bits per heavy atom. The van der Waals surface area contributed by atoms with Gasteiger partial charge in [-0.2, -0.15) is 0 Å². The number of aromatic nitrogens is 5. The van der Waals surface area contributed by atoms with E-state index < -0.39 is 0 Å². The second-order valence-electron chi connectivity index (χ2n) is 7.71. The van der Waals surface area contributed by atoms with Crippen molar-refractivity contribution in [3.05, 3.63) is 82.7 Å². The van der Waals surface area contributed by atoms with E-state index in [4.69, 9.17) is 4.74 Å². The van der Waals surface area contributed by atoms with E-state index in [1.165, 1.54) is 0 Å². The lowest BCUT2D eigenvalue weighted by atomic mass is 9.99. The van der Waals surface area contributed by atoms with Crippen LogP contribution < -0.4 is 5.56 Å². The van der Waals surface area contributed by atoms with Gasteiger partial charge in [-0.3, -0.25) is 9.20 Å². The summed E-state index contributed by atoms with van der Waals surface area (Å²) in [5, 5.41) is 0. The van der Waals surface area contributed by atoms with Crippen molar-refractivity contribution in [3.8, 4) is 11.3 Å². The van der Waals surface area contributed by atoms with Crippen LogP contribution in [0.5, 0.6) is 0 Å². The highest BCUT2D eigenvalue weighted by Crippen LogP contribution is 2.26. The molecule has 0 spiro atoms. The molecule has 1 aliphatic rings. The van der Waals surface area contributed by atoms with Gasteiger partial charge >= 0.3 is 0 Å². The first kappa shape index (κ1) is 18.7. The molecule has 0 atom stereocenters. The molecule has 0 amide bonds. The summed E-state index contributed by atoms with van der Waals surface area (Å²) in [6.45, 7) is 1.49. The number of imidazole rings is 1. The highest BCUT2D eigenvalue weighted by Gasteiger charge is 2.22. The Morgan fingerprint density at radius 3 is 2.63 bits per heavy atom. The van der Waals surface area contributed by atoms with Crippen LogP contribution in [0, 0.1) is 0 Å². The van der Waals surface area contributed by atoms with E-state index in [0.717, 1.165) is 54.4 Å². The van der Waals surface area contributed by atoms with Gasteiger partial charge < -0.3 is 9.30 Å². The molecule has 4 heterocycles. The molecule has 1 fully saturated rings. The highest BCUT2D eigenvalue weighted by atomic mass is 16.5. The summed E-state index contributed by atoms with van der Waals surface area (Å²) in [6.07, 6.45) is 9.59. The largest absolute Gasteiger partial charge is 0.381 e. The van der Waals surface area contributed by atoms with Gasteiger partial charge in [0.25, 0.3) is 5.56 Å². The topological polar surface area (TPSA) is 74.3 Å². The van der Waals surface area contributed by atoms with Crippen LogP contribution in [0.4, 0.5) is 0 Å². The van der Waals surface area contributed by atoms with E-state index in [9.17, 15) is 4.79 Å². The molecule has 0 bridgehead atoms. The summed E-state index contributed by atoms with van der Waals surface area (Å²) in [5.74, 6) is 1.29. The van der Waals surface area contributed by atoms with Crippen LogP contribution in [0.2, 0.25) is 0 Å². The molecule has 4 aromatic rings. The van der Waals surface area contributed by atoms with Crippen molar-refractivity contribution < 1.29 is 4.74 Å². The van der Waals surface area contributed by atoms with Crippen LogP contribution in [-0.4, -0.2) is 37.1 Å². The van der Waals surface area contributed by atoms with Crippen molar-refractivity contribution in [2.75, 3.05) is 13.2 Å². The van der Waals surface area contributed by atoms with Crippen molar-refractivity contribution in [2.45, 2.75) is 25.2 Å². The lowest BCUT2D eigenvalue weighted by Crippen LogP contribution is -2.24. The lowest BCUT2D eigenvalue weighted by Gasteiger charge is -2.21. The average Bonchev–Trinajstić information content (AvgIpc) is 3.23. The van der Waals surface area contributed by atoms with Gasteiger partial charge in [0.15, 0.2) is 0 Å². The van der Waals surface area contributed by atoms with Gasteiger partial charge in [0.2, 0.25) is 0 Å². The Labute approximate surface area is 174 Å². The SMILES string of the molecule is Cn1c(Cc2ccc(-c3ccncn3)cc2)cn2c(C3CCOCC3)ncc2c1=O. The van der Waals surface area contributed by atoms with E-state index >= 15 is 0 Å². The zero-order valence-corrected chi connectivity index (χ0v) is 16.9. The van der Waals surface area contributed by atoms with E-state index in [0.29, 0.717) is 17.9 Å². The van der Waals surface area contributed by atoms with Gasteiger partial charge in [0.1, 0.15) is 17.7 Å². The van der Waals surface area contributed by atoms with E-state index in [-0.39, 0.29) is 5.56 Å². The predicted molar refractivity (Wildman–Crippen MR) is 114 cm³/mol. The number of fused-ring (bicyclic) bond motifs is 1. The van der Waals surface area contributed by atoms with Crippen LogP contribution in [0.15, 0.2) is 60.0 Å². The fraction of sp³-hybridized carbons (Fsp3) is 0.304. The van der Waals surface area contributed by atoms with Crippen LogP contribution in [-0.2, 0) is 18.2 Å². The van der Waals surface area contributed by atoms with Crippen LogP contribution in [0.1, 0.15) is 35.8 Å². The second-order valence-corrected chi connectivity index (χ2v) is 7.71. The Hall–Kier alpha value is -3.32. The first-order valence-electron chi connectivity index (χ1n) is 10.2. The summed E-state index contributed by atoms with van der Waals surface area (Å²) in [7, 11) is 1.83. The number of hydrogen-bond acceptors (Lipinski definition) is 5. The number of rotatable bonds is 4. The molecule has 30 heavy (non-hydrogen) atoms. The van der Waals surface area contributed by atoms with Crippen molar-refractivity contribution in [1.82, 2.24) is 23.9 Å². The standard InChI is InChI=1S/C23H23N5O2/c1-27-19(12-16-2-4-17(5-3-16)20-6-9-24-15-26-20)14-28-21(23(27)29)13-25-22(28)18-7-10-30-11-8-18/h2-6,9,13-15,18H,7-8,10-12H2,1H3. The molecule has 7 nitrogen and oxygen atoms in total. The third-order valence-corrected chi connectivity index (χ3v) is 5.86. The molecule has 5 rings (SSSR count). The predicted octanol–water partition coefficient (Wildman–Crippen LogP) is 2.97. The van der Waals surface area contributed by atoms with E-state index in [1.807, 2.05) is 17.5 Å². The molecule has 152 valence electrons. The lowest BCUT2D eigenvalue weighted by molar-refractivity contribution is 0.0835. The zero-order valence-electron chi connectivity index (χ0n) is 16.9.